The molecule has 0 bridgehead atoms. The van der Waals surface area contributed by atoms with Crippen LogP contribution in [-0.4, -0.2) is 34.5 Å². The molecule has 0 saturated heterocycles. The highest BCUT2D eigenvalue weighted by molar-refractivity contribution is 7.93. The van der Waals surface area contributed by atoms with E-state index in [9.17, 15) is 13.2 Å². The third kappa shape index (κ3) is 5.18. The van der Waals surface area contributed by atoms with Gasteiger partial charge in [-0.15, -0.1) is 11.3 Å². The molecule has 4 rings (SSSR count). The number of thiazole rings is 1. The second-order valence-corrected chi connectivity index (χ2v) is 11.1. The molecule has 3 aromatic rings. The second-order valence-electron chi connectivity index (χ2n) is 7.93. The minimum atomic E-state index is -3.39. The highest BCUT2D eigenvalue weighted by Crippen LogP contribution is 2.34. The molecule has 2 N–H and O–H groups in total. The van der Waals surface area contributed by atoms with Crippen molar-refractivity contribution in [3.05, 3.63) is 58.4 Å². The van der Waals surface area contributed by atoms with E-state index in [2.05, 4.69) is 25.0 Å². The van der Waals surface area contributed by atoms with E-state index in [1.807, 2.05) is 13.8 Å². The van der Waals surface area contributed by atoms with Crippen molar-refractivity contribution in [2.75, 3.05) is 4.72 Å². The summed E-state index contributed by atoms with van der Waals surface area (Å²) >= 11 is 7.14. The smallest absolute Gasteiger partial charge is 0.252 e. The molecule has 33 heavy (non-hydrogen) atoms. The number of sulfonamides is 1. The third-order valence-electron chi connectivity index (χ3n) is 5.80. The van der Waals surface area contributed by atoms with Crippen LogP contribution in [-0.2, 0) is 15.6 Å². The molecule has 1 aromatic carbocycles. The quantitative estimate of drug-likeness (QED) is 0.439. The Hall–Kier alpha value is -2.56. The monoisotopic (exact) mass is 505 g/mol. The van der Waals surface area contributed by atoms with Crippen molar-refractivity contribution in [2.45, 2.75) is 50.3 Å². The van der Waals surface area contributed by atoms with Crippen LogP contribution in [0.3, 0.4) is 0 Å². The molecular formula is C22H24ClN5O3S2. The van der Waals surface area contributed by atoms with Gasteiger partial charge in [0.1, 0.15) is 5.15 Å². The molecular weight excluding hydrogens is 482 g/mol. The zero-order valence-electron chi connectivity index (χ0n) is 18.2. The van der Waals surface area contributed by atoms with E-state index >= 15 is 0 Å². The van der Waals surface area contributed by atoms with E-state index in [0.29, 0.717) is 52.9 Å². The Morgan fingerprint density at radius 2 is 1.85 bits per heavy atom. The number of nitrogens with one attached hydrogen (secondary N) is 2. The second kappa shape index (κ2) is 9.36. The lowest BCUT2D eigenvalue weighted by atomic mass is 9.89. The molecule has 0 atom stereocenters. The Labute approximate surface area is 201 Å². The Morgan fingerprint density at radius 1 is 1.15 bits per heavy atom. The van der Waals surface area contributed by atoms with Crippen molar-refractivity contribution in [1.29, 1.82) is 0 Å². The third-order valence-corrected chi connectivity index (χ3v) is 8.69. The fourth-order valence-corrected chi connectivity index (χ4v) is 6.09. The molecule has 0 spiro atoms. The summed E-state index contributed by atoms with van der Waals surface area (Å²) in [5, 5.41) is 5.22. The van der Waals surface area contributed by atoms with Gasteiger partial charge in [-0.2, -0.15) is 0 Å². The maximum absolute atomic E-state index is 13.1. The van der Waals surface area contributed by atoms with Crippen LogP contribution in [0.5, 0.6) is 0 Å². The largest absolute Gasteiger partial charge is 0.341 e. The lowest BCUT2D eigenvalue weighted by molar-refractivity contribution is 0.0887. The molecule has 1 amide bonds. The van der Waals surface area contributed by atoms with Crippen LogP contribution in [0.1, 0.15) is 55.6 Å². The zero-order valence-corrected chi connectivity index (χ0v) is 20.6. The maximum atomic E-state index is 13.1. The summed E-state index contributed by atoms with van der Waals surface area (Å²) in [6, 6.07) is 7.03. The van der Waals surface area contributed by atoms with Gasteiger partial charge in [-0.05, 0) is 37.8 Å². The first-order valence-electron chi connectivity index (χ1n) is 10.6. The average Bonchev–Trinajstić information content (AvgIpc) is 3.58. The van der Waals surface area contributed by atoms with Crippen molar-refractivity contribution in [1.82, 2.24) is 20.3 Å². The minimum absolute atomic E-state index is 0.240. The molecule has 0 radical (unpaired) electrons. The number of anilines is 1. The fourth-order valence-electron chi connectivity index (χ4n) is 3.54. The van der Waals surface area contributed by atoms with Crippen LogP contribution >= 0.6 is 22.9 Å². The zero-order chi connectivity index (χ0) is 23.6. The van der Waals surface area contributed by atoms with Crippen LogP contribution in [0.2, 0.25) is 5.15 Å². The molecule has 11 heteroatoms. The number of nitrogens with zero attached hydrogens (tertiary/aromatic N) is 3. The Kier molecular flexibility index (Phi) is 6.69. The minimum Gasteiger partial charge on any atom is -0.341 e. The first-order chi connectivity index (χ1) is 15.8. The number of aromatic nitrogens is 3. The normalized spacial score (nSPS) is 14.2. The summed E-state index contributed by atoms with van der Waals surface area (Å²) in [6.45, 7) is 3.94. The molecule has 0 unspecified atom stereocenters. The van der Waals surface area contributed by atoms with Crippen molar-refractivity contribution in [2.24, 2.45) is 0 Å². The Bertz CT molecular complexity index is 1250. The molecule has 2 aromatic heterocycles. The number of rotatable bonds is 9. The van der Waals surface area contributed by atoms with Crippen molar-refractivity contribution < 1.29 is 13.2 Å². The van der Waals surface area contributed by atoms with Crippen LogP contribution in [0.15, 0.2) is 42.0 Å². The molecule has 174 valence electrons. The SMILES string of the molecule is CCC(CC)(NC(=O)c1ccc(-c2cncc(Cl)n2)cc1)c1csc(NS(=O)(=O)C2CC2)n1. The van der Waals surface area contributed by atoms with Crippen LogP contribution in [0, 0.1) is 0 Å². The van der Waals surface area contributed by atoms with Crippen LogP contribution in [0.25, 0.3) is 11.3 Å². The number of amides is 1. The number of benzene rings is 1. The van der Waals surface area contributed by atoms with Gasteiger partial charge >= 0.3 is 0 Å². The highest BCUT2D eigenvalue weighted by Gasteiger charge is 2.37. The van der Waals surface area contributed by atoms with E-state index in [1.165, 1.54) is 17.5 Å². The van der Waals surface area contributed by atoms with Crippen LogP contribution in [0.4, 0.5) is 5.13 Å². The molecule has 8 nitrogen and oxygen atoms in total. The number of carbonyl (C=O) groups is 1. The summed E-state index contributed by atoms with van der Waals surface area (Å²) in [5.41, 5.74) is 1.84. The number of hydrogen-bond donors (Lipinski definition) is 2. The van der Waals surface area contributed by atoms with Gasteiger partial charge in [0.15, 0.2) is 5.13 Å². The first-order valence-corrected chi connectivity index (χ1v) is 13.4. The van der Waals surface area contributed by atoms with Gasteiger partial charge in [0, 0.05) is 16.5 Å². The Balaban J connectivity index is 1.52. The summed E-state index contributed by atoms with van der Waals surface area (Å²) in [4.78, 5) is 25.9. The molecule has 1 saturated carbocycles. The standard InChI is InChI=1S/C22H24ClN5O3S2/c1-3-22(4-2,18-13-32-21(26-18)28-33(30,31)16-9-10-16)27-20(29)15-7-5-14(6-8-15)17-11-24-12-19(23)25-17/h5-8,11-13,16H,3-4,9-10H2,1-2H3,(H,26,28)(H,27,29). The predicted octanol–water partition coefficient (Wildman–Crippen LogP) is 4.60. The maximum Gasteiger partial charge on any atom is 0.252 e. The van der Waals surface area contributed by atoms with Gasteiger partial charge < -0.3 is 5.32 Å². The number of halogens is 1. The van der Waals surface area contributed by atoms with Crippen molar-refractivity contribution in [3.8, 4) is 11.3 Å². The molecule has 1 fully saturated rings. The lowest BCUT2D eigenvalue weighted by Gasteiger charge is -2.31. The van der Waals surface area contributed by atoms with Gasteiger partial charge in [0.2, 0.25) is 10.0 Å². The lowest BCUT2D eigenvalue weighted by Crippen LogP contribution is -2.45. The van der Waals surface area contributed by atoms with Gasteiger partial charge in [0.05, 0.1) is 34.6 Å². The Morgan fingerprint density at radius 3 is 2.45 bits per heavy atom. The van der Waals surface area contributed by atoms with Gasteiger partial charge in [-0.25, -0.2) is 18.4 Å². The number of hydrogen-bond acceptors (Lipinski definition) is 7. The predicted molar refractivity (Wildman–Crippen MR) is 130 cm³/mol. The van der Waals surface area contributed by atoms with E-state index in [1.54, 1.807) is 35.8 Å². The van der Waals surface area contributed by atoms with E-state index < -0.39 is 15.6 Å². The molecule has 0 aliphatic heterocycles. The van der Waals surface area contributed by atoms with E-state index in [4.69, 9.17) is 11.6 Å². The number of carbonyl (C=O) groups excluding carboxylic acids is 1. The summed E-state index contributed by atoms with van der Waals surface area (Å²) in [6.07, 6.45) is 5.63. The highest BCUT2D eigenvalue weighted by atomic mass is 35.5. The van der Waals surface area contributed by atoms with Crippen LogP contribution < -0.4 is 10.0 Å². The topological polar surface area (TPSA) is 114 Å². The van der Waals surface area contributed by atoms with Gasteiger partial charge in [0.25, 0.3) is 5.91 Å². The van der Waals surface area contributed by atoms with Gasteiger partial charge in [-0.3, -0.25) is 14.5 Å². The summed E-state index contributed by atoms with van der Waals surface area (Å²) in [7, 11) is -3.39. The molecule has 2 heterocycles. The van der Waals surface area contributed by atoms with Crippen molar-refractivity contribution >= 4 is 44.0 Å². The van der Waals surface area contributed by atoms with Crippen molar-refractivity contribution in [3.63, 3.8) is 0 Å². The average molecular weight is 506 g/mol. The summed E-state index contributed by atoms with van der Waals surface area (Å²) in [5.74, 6) is -0.240. The van der Waals surface area contributed by atoms with Gasteiger partial charge in [-0.1, -0.05) is 37.6 Å². The first kappa shape index (κ1) is 23.6. The van der Waals surface area contributed by atoms with E-state index in [-0.39, 0.29) is 11.2 Å². The summed E-state index contributed by atoms with van der Waals surface area (Å²) < 4.78 is 27.1. The molecule has 1 aliphatic rings. The van der Waals surface area contributed by atoms with E-state index in [0.717, 1.165) is 5.56 Å². The fraction of sp³-hybridized carbons (Fsp3) is 0.364. The molecule has 1 aliphatic carbocycles.